The van der Waals surface area contributed by atoms with E-state index in [-0.39, 0.29) is 0 Å². The highest BCUT2D eigenvalue weighted by Gasteiger charge is 2.20. The molecule has 3 nitrogen and oxygen atoms in total. The molecule has 15 heavy (non-hydrogen) atoms. The Labute approximate surface area is 95.0 Å². The number of nitrogens with zero attached hydrogens (tertiary/aromatic N) is 2. The quantitative estimate of drug-likeness (QED) is 0.738. The topological polar surface area (TPSA) is 25.4 Å². The van der Waals surface area contributed by atoms with Crippen molar-refractivity contribution >= 4 is 17.4 Å². The first kappa shape index (κ1) is 10.7. The summed E-state index contributed by atoms with van der Waals surface area (Å²) in [4.78, 5) is 6.55. The van der Waals surface area contributed by atoms with Crippen LogP contribution in [0.4, 0.5) is 5.82 Å². The van der Waals surface area contributed by atoms with Crippen molar-refractivity contribution < 1.29 is 4.74 Å². The van der Waals surface area contributed by atoms with Gasteiger partial charge in [0.2, 0.25) is 0 Å². The van der Waals surface area contributed by atoms with E-state index in [9.17, 15) is 0 Å². The van der Waals surface area contributed by atoms with E-state index < -0.39 is 0 Å². The number of pyridine rings is 1. The van der Waals surface area contributed by atoms with Crippen molar-refractivity contribution in [2.45, 2.75) is 18.3 Å². The maximum atomic E-state index is 5.71. The van der Waals surface area contributed by atoms with Gasteiger partial charge in [0.15, 0.2) is 0 Å². The summed E-state index contributed by atoms with van der Waals surface area (Å²) in [6.07, 6.45) is 2.91. The van der Waals surface area contributed by atoms with E-state index in [0.717, 1.165) is 31.0 Å². The van der Waals surface area contributed by atoms with Crippen molar-refractivity contribution in [1.82, 2.24) is 4.98 Å². The Morgan fingerprint density at radius 2 is 2.47 bits per heavy atom. The zero-order valence-corrected chi connectivity index (χ0v) is 9.57. The van der Waals surface area contributed by atoms with Crippen LogP contribution in [0.2, 0.25) is 0 Å². The van der Waals surface area contributed by atoms with Crippen LogP contribution in [0.25, 0.3) is 0 Å². The first-order chi connectivity index (χ1) is 7.31. The lowest BCUT2D eigenvalue weighted by Crippen LogP contribution is -2.32. The van der Waals surface area contributed by atoms with E-state index in [1.165, 1.54) is 0 Å². The minimum Gasteiger partial charge on any atom is -0.379 e. The van der Waals surface area contributed by atoms with Crippen LogP contribution in [-0.4, -0.2) is 31.3 Å². The fourth-order valence-corrected chi connectivity index (χ4v) is 1.88. The molecule has 1 atom stereocenters. The molecule has 0 radical (unpaired) electrons. The van der Waals surface area contributed by atoms with E-state index >= 15 is 0 Å². The van der Waals surface area contributed by atoms with Crippen LogP contribution in [0.15, 0.2) is 18.3 Å². The first-order valence-electron chi connectivity index (χ1n) is 5.12. The molecule has 82 valence electrons. The molecule has 4 heteroatoms. The fraction of sp³-hybridized carbons (Fsp3) is 0.545. The lowest BCUT2D eigenvalue weighted by molar-refractivity contribution is 0.193. The summed E-state index contributed by atoms with van der Waals surface area (Å²) >= 11 is 5.71. The molecule has 0 saturated carbocycles. The van der Waals surface area contributed by atoms with Crippen LogP contribution in [0.3, 0.4) is 0 Å². The van der Waals surface area contributed by atoms with Crippen molar-refractivity contribution in [3.8, 4) is 0 Å². The molecule has 1 aliphatic heterocycles. The van der Waals surface area contributed by atoms with Gasteiger partial charge in [-0.05, 0) is 18.1 Å². The number of rotatable bonds is 3. The molecule has 1 aromatic heterocycles. The van der Waals surface area contributed by atoms with Gasteiger partial charge >= 0.3 is 0 Å². The van der Waals surface area contributed by atoms with Crippen LogP contribution in [-0.2, 0) is 10.6 Å². The number of hydrogen-bond acceptors (Lipinski definition) is 3. The molecule has 1 fully saturated rings. The van der Waals surface area contributed by atoms with Gasteiger partial charge in [-0.2, -0.15) is 0 Å². The van der Waals surface area contributed by atoms with Crippen LogP contribution in [0.5, 0.6) is 0 Å². The minimum absolute atomic E-state index is 0.458. The summed E-state index contributed by atoms with van der Waals surface area (Å²) in [6.45, 7) is 1.66. The van der Waals surface area contributed by atoms with Gasteiger partial charge in [0, 0.05) is 25.7 Å². The van der Waals surface area contributed by atoms with Crippen molar-refractivity contribution in [2.24, 2.45) is 0 Å². The molecular formula is C11H15ClN2O. The average molecular weight is 227 g/mol. The van der Waals surface area contributed by atoms with E-state index in [1.54, 1.807) is 0 Å². The van der Waals surface area contributed by atoms with E-state index in [4.69, 9.17) is 16.3 Å². The van der Waals surface area contributed by atoms with Gasteiger partial charge in [0.05, 0.1) is 12.6 Å². The smallest absolute Gasteiger partial charge is 0.128 e. The van der Waals surface area contributed by atoms with Gasteiger partial charge in [0.1, 0.15) is 5.82 Å². The Morgan fingerprint density at radius 1 is 1.60 bits per heavy atom. The molecule has 0 aliphatic carbocycles. The van der Waals surface area contributed by atoms with E-state index in [2.05, 4.69) is 16.9 Å². The van der Waals surface area contributed by atoms with Crippen molar-refractivity contribution in [2.75, 3.05) is 25.2 Å². The molecule has 2 heterocycles. The van der Waals surface area contributed by atoms with Gasteiger partial charge in [-0.25, -0.2) is 4.98 Å². The molecule has 0 amide bonds. The Balaban J connectivity index is 2.07. The van der Waals surface area contributed by atoms with E-state index in [0.29, 0.717) is 11.9 Å². The van der Waals surface area contributed by atoms with Crippen molar-refractivity contribution in [3.05, 3.63) is 23.9 Å². The molecule has 0 spiro atoms. The third kappa shape index (κ3) is 2.41. The van der Waals surface area contributed by atoms with Gasteiger partial charge in [-0.3, -0.25) is 0 Å². The summed E-state index contributed by atoms with van der Waals surface area (Å²) in [6, 6.07) is 4.48. The molecule has 1 aliphatic rings. The summed E-state index contributed by atoms with van der Waals surface area (Å²) < 4.78 is 5.35. The lowest BCUT2D eigenvalue weighted by Gasteiger charge is -2.24. The Bertz CT molecular complexity index is 309. The van der Waals surface area contributed by atoms with Crippen molar-refractivity contribution in [1.29, 1.82) is 0 Å². The second kappa shape index (κ2) is 4.81. The number of hydrogen-bond donors (Lipinski definition) is 0. The predicted octanol–water partition coefficient (Wildman–Crippen LogP) is 2.05. The Hall–Kier alpha value is -0.800. The van der Waals surface area contributed by atoms with E-state index in [1.807, 2.05) is 18.3 Å². The van der Waals surface area contributed by atoms with Crippen LogP contribution in [0, 0.1) is 0 Å². The summed E-state index contributed by atoms with van der Waals surface area (Å²) in [7, 11) is 2.06. The summed E-state index contributed by atoms with van der Waals surface area (Å²) in [5.41, 5.74) is 1.05. The molecule has 2 rings (SSSR count). The van der Waals surface area contributed by atoms with Gasteiger partial charge in [0.25, 0.3) is 0 Å². The monoisotopic (exact) mass is 226 g/mol. The highest BCUT2D eigenvalue weighted by molar-refractivity contribution is 6.17. The number of ether oxygens (including phenoxy) is 1. The zero-order chi connectivity index (χ0) is 10.7. The van der Waals surface area contributed by atoms with Crippen LogP contribution < -0.4 is 4.90 Å². The van der Waals surface area contributed by atoms with Gasteiger partial charge < -0.3 is 9.64 Å². The number of aromatic nitrogens is 1. The van der Waals surface area contributed by atoms with Gasteiger partial charge in [-0.15, -0.1) is 11.6 Å². The highest BCUT2D eigenvalue weighted by atomic mass is 35.5. The molecule has 1 aromatic rings. The maximum absolute atomic E-state index is 5.71. The third-order valence-corrected chi connectivity index (χ3v) is 3.09. The largest absolute Gasteiger partial charge is 0.379 e. The van der Waals surface area contributed by atoms with Crippen LogP contribution >= 0.6 is 11.6 Å². The number of alkyl halides is 1. The molecule has 1 saturated heterocycles. The first-order valence-corrected chi connectivity index (χ1v) is 5.66. The predicted molar refractivity (Wildman–Crippen MR) is 61.4 cm³/mol. The van der Waals surface area contributed by atoms with Crippen molar-refractivity contribution in [3.63, 3.8) is 0 Å². The molecule has 1 unspecified atom stereocenters. The zero-order valence-electron chi connectivity index (χ0n) is 8.82. The standard InChI is InChI=1S/C11H15ClN2O/c1-14(10-4-5-15-8-10)11-3-2-9(6-12)7-13-11/h2-3,7,10H,4-6,8H2,1H3. The third-order valence-electron chi connectivity index (χ3n) is 2.78. The van der Waals surface area contributed by atoms with Crippen LogP contribution in [0.1, 0.15) is 12.0 Å². The molecule has 0 bridgehead atoms. The minimum atomic E-state index is 0.458. The number of halogens is 1. The second-order valence-corrected chi connectivity index (χ2v) is 4.05. The van der Waals surface area contributed by atoms with Gasteiger partial charge in [-0.1, -0.05) is 6.07 Å². The molecule has 0 aromatic carbocycles. The lowest BCUT2D eigenvalue weighted by atomic mass is 10.2. The number of anilines is 1. The Kier molecular flexibility index (Phi) is 3.44. The summed E-state index contributed by atoms with van der Waals surface area (Å²) in [5, 5.41) is 0. The molecule has 0 N–H and O–H groups in total. The SMILES string of the molecule is CN(c1ccc(CCl)cn1)C1CCOC1. The molecular weight excluding hydrogens is 212 g/mol. The maximum Gasteiger partial charge on any atom is 0.128 e. The second-order valence-electron chi connectivity index (χ2n) is 3.79. The number of likely N-dealkylation sites (N-methyl/N-ethyl adjacent to an activating group) is 1. The normalized spacial score (nSPS) is 20.5. The summed E-state index contributed by atoms with van der Waals surface area (Å²) in [5.74, 6) is 1.50. The fourth-order valence-electron chi connectivity index (χ4n) is 1.72. The Morgan fingerprint density at radius 3 is 3.00 bits per heavy atom. The average Bonchev–Trinajstić information content (AvgIpc) is 2.82. The highest BCUT2D eigenvalue weighted by Crippen LogP contribution is 2.18.